The second-order valence-corrected chi connectivity index (χ2v) is 2.69. The maximum Gasteiger partial charge on any atom is 0.175 e. The standard InChI is InChI=1S/C6H5FN4S/c7-2-4-1-6(12)11-5(9-4)3-8-10-11/h1,3,10H,2H2. The highest BCUT2D eigenvalue weighted by Crippen LogP contribution is 2.02. The molecule has 4 nitrogen and oxygen atoms in total. The van der Waals surface area contributed by atoms with Crippen molar-refractivity contribution in [2.24, 2.45) is 0 Å². The molecular formula is C6H5FN4S. The lowest BCUT2D eigenvalue weighted by Gasteiger charge is -1.94. The van der Waals surface area contributed by atoms with Crippen LogP contribution in [-0.4, -0.2) is 19.8 Å². The van der Waals surface area contributed by atoms with Gasteiger partial charge >= 0.3 is 0 Å². The lowest BCUT2D eigenvalue weighted by atomic mass is 10.4. The molecule has 0 aromatic carbocycles. The van der Waals surface area contributed by atoms with Gasteiger partial charge in [-0.15, -0.1) is 0 Å². The second kappa shape index (κ2) is 2.63. The summed E-state index contributed by atoms with van der Waals surface area (Å²) in [5.41, 5.74) is 0.872. The fourth-order valence-electron chi connectivity index (χ4n) is 0.949. The number of H-pyrrole nitrogens is 1. The van der Waals surface area contributed by atoms with Crippen molar-refractivity contribution < 1.29 is 4.39 Å². The first kappa shape index (κ1) is 7.35. The van der Waals surface area contributed by atoms with E-state index in [1.165, 1.54) is 16.8 Å². The molecule has 0 saturated heterocycles. The number of aromatic amines is 1. The number of nitrogens with zero attached hydrogens (tertiary/aromatic N) is 3. The highest BCUT2D eigenvalue weighted by molar-refractivity contribution is 7.71. The maximum atomic E-state index is 12.2. The highest BCUT2D eigenvalue weighted by Gasteiger charge is 1.99. The molecule has 62 valence electrons. The van der Waals surface area contributed by atoms with Gasteiger partial charge < -0.3 is 0 Å². The highest BCUT2D eigenvalue weighted by atomic mass is 32.1. The zero-order valence-corrected chi connectivity index (χ0v) is 6.81. The molecule has 0 atom stereocenters. The average molecular weight is 184 g/mol. The summed E-state index contributed by atoms with van der Waals surface area (Å²) in [6, 6.07) is 1.50. The molecule has 6 heteroatoms. The van der Waals surface area contributed by atoms with Crippen molar-refractivity contribution in [1.82, 2.24) is 19.8 Å². The van der Waals surface area contributed by atoms with Gasteiger partial charge in [0.25, 0.3) is 0 Å². The zero-order chi connectivity index (χ0) is 8.55. The van der Waals surface area contributed by atoms with Crippen LogP contribution in [0.3, 0.4) is 0 Å². The third kappa shape index (κ3) is 1.00. The van der Waals surface area contributed by atoms with Gasteiger partial charge in [-0.3, -0.25) is 0 Å². The van der Waals surface area contributed by atoms with Crippen molar-refractivity contribution in [3.63, 3.8) is 0 Å². The zero-order valence-electron chi connectivity index (χ0n) is 5.99. The van der Waals surface area contributed by atoms with E-state index in [4.69, 9.17) is 12.2 Å². The van der Waals surface area contributed by atoms with Crippen LogP contribution in [-0.2, 0) is 6.67 Å². The van der Waals surface area contributed by atoms with Crippen molar-refractivity contribution in [2.45, 2.75) is 6.67 Å². The lowest BCUT2D eigenvalue weighted by molar-refractivity contribution is 0.475. The molecule has 2 heterocycles. The Labute approximate surface area is 72.0 Å². The number of aromatic nitrogens is 4. The van der Waals surface area contributed by atoms with Crippen molar-refractivity contribution in [3.05, 3.63) is 22.6 Å². The molecule has 0 spiro atoms. The van der Waals surface area contributed by atoms with E-state index in [0.717, 1.165) is 0 Å². The summed E-state index contributed by atoms with van der Waals surface area (Å²) in [6.07, 6.45) is 1.50. The van der Waals surface area contributed by atoms with Crippen LogP contribution in [0.2, 0.25) is 0 Å². The van der Waals surface area contributed by atoms with Gasteiger partial charge in [0.1, 0.15) is 11.3 Å². The molecule has 2 aromatic heterocycles. The van der Waals surface area contributed by atoms with Crippen molar-refractivity contribution in [2.75, 3.05) is 0 Å². The van der Waals surface area contributed by atoms with Crippen LogP contribution in [0, 0.1) is 4.64 Å². The van der Waals surface area contributed by atoms with E-state index >= 15 is 0 Å². The number of hydrogen-bond donors (Lipinski definition) is 1. The van der Waals surface area contributed by atoms with Crippen LogP contribution >= 0.6 is 12.2 Å². The molecule has 0 aliphatic heterocycles. The molecule has 2 aromatic rings. The van der Waals surface area contributed by atoms with Crippen molar-refractivity contribution in [3.8, 4) is 0 Å². The van der Waals surface area contributed by atoms with Crippen LogP contribution in [0.1, 0.15) is 5.69 Å². The Bertz CT molecular complexity index is 460. The van der Waals surface area contributed by atoms with Crippen LogP contribution in [0.4, 0.5) is 4.39 Å². The number of rotatable bonds is 1. The fourth-order valence-corrected chi connectivity index (χ4v) is 1.22. The summed E-state index contributed by atoms with van der Waals surface area (Å²) in [5, 5.41) is 6.34. The van der Waals surface area contributed by atoms with Crippen LogP contribution in [0.5, 0.6) is 0 Å². The number of fused-ring (bicyclic) bond motifs is 1. The van der Waals surface area contributed by atoms with Gasteiger partial charge in [-0.05, 0) is 6.07 Å². The molecule has 0 bridgehead atoms. The lowest BCUT2D eigenvalue weighted by Crippen LogP contribution is -1.95. The van der Waals surface area contributed by atoms with Gasteiger partial charge in [-0.25, -0.2) is 19.1 Å². The largest absolute Gasteiger partial charge is 0.244 e. The Morgan fingerprint density at radius 3 is 3.25 bits per heavy atom. The van der Waals surface area contributed by atoms with E-state index in [0.29, 0.717) is 16.0 Å². The molecule has 12 heavy (non-hydrogen) atoms. The number of hydrogen-bond acceptors (Lipinski definition) is 3. The summed E-state index contributed by atoms with van der Waals surface area (Å²) in [6.45, 7) is -0.606. The van der Waals surface area contributed by atoms with Gasteiger partial charge in [0.2, 0.25) is 0 Å². The molecule has 1 N–H and O–H groups in total. The van der Waals surface area contributed by atoms with E-state index in [1.807, 2.05) is 0 Å². The normalized spacial score (nSPS) is 10.8. The molecule has 0 fully saturated rings. The van der Waals surface area contributed by atoms with E-state index in [2.05, 4.69) is 15.3 Å². The summed E-state index contributed by atoms with van der Waals surface area (Å²) in [5.74, 6) is 0. The molecule has 0 unspecified atom stereocenters. The predicted molar refractivity (Wildman–Crippen MR) is 43.0 cm³/mol. The third-order valence-electron chi connectivity index (χ3n) is 1.47. The SMILES string of the molecule is FCc1cc(=S)n2[nH]ncc2n1. The van der Waals surface area contributed by atoms with Gasteiger partial charge in [0.15, 0.2) is 5.65 Å². The Morgan fingerprint density at radius 1 is 1.67 bits per heavy atom. The summed E-state index contributed by atoms with van der Waals surface area (Å²) in [4.78, 5) is 3.94. The smallest absolute Gasteiger partial charge is 0.175 e. The Balaban J connectivity index is 2.84. The quantitative estimate of drug-likeness (QED) is 0.678. The van der Waals surface area contributed by atoms with Gasteiger partial charge in [-0.1, -0.05) is 12.2 Å². The first-order valence-corrected chi connectivity index (χ1v) is 3.70. The van der Waals surface area contributed by atoms with E-state index in [-0.39, 0.29) is 0 Å². The van der Waals surface area contributed by atoms with E-state index in [1.54, 1.807) is 0 Å². The summed E-state index contributed by atoms with van der Waals surface area (Å²) in [7, 11) is 0. The van der Waals surface area contributed by atoms with Crippen LogP contribution in [0.15, 0.2) is 12.3 Å². The maximum absolute atomic E-state index is 12.2. The summed E-state index contributed by atoms with van der Waals surface area (Å²) >= 11 is 4.95. The van der Waals surface area contributed by atoms with Gasteiger partial charge in [-0.2, -0.15) is 5.10 Å². The monoisotopic (exact) mass is 184 g/mol. The third-order valence-corrected chi connectivity index (χ3v) is 1.77. The molecule has 0 aliphatic rings. The van der Waals surface area contributed by atoms with Crippen molar-refractivity contribution in [1.29, 1.82) is 0 Å². The Kier molecular flexibility index (Phi) is 1.61. The fraction of sp³-hybridized carbons (Fsp3) is 0.167. The minimum absolute atomic E-state index is 0.335. The first-order valence-electron chi connectivity index (χ1n) is 3.29. The van der Waals surface area contributed by atoms with E-state index in [9.17, 15) is 4.39 Å². The molecule has 0 aliphatic carbocycles. The predicted octanol–water partition coefficient (Wildman–Crippen LogP) is 1.26. The minimum Gasteiger partial charge on any atom is -0.244 e. The Morgan fingerprint density at radius 2 is 2.50 bits per heavy atom. The molecule has 0 amide bonds. The second-order valence-electron chi connectivity index (χ2n) is 2.27. The first-order chi connectivity index (χ1) is 5.81. The van der Waals surface area contributed by atoms with Crippen LogP contribution in [0.25, 0.3) is 5.65 Å². The Hall–Kier alpha value is -1.30. The topological polar surface area (TPSA) is 46.0 Å². The number of halogens is 1. The number of alkyl halides is 1. The molecule has 0 radical (unpaired) electrons. The molecule has 2 rings (SSSR count). The van der Waals surface area contributed by atoms with E-state index < -0.39 is 6.67 Å². The molecular weight excluding hydrogens is 179 g/mol. The van der Waals surface area contributed by atoms with Crippen molar-refractivity contribution >= 4 is 17.9 Å². The number of nitrogens with one attached hydrogen (secondary N) is 1. The molecule has 0 saturated carbocycles. The summed E-state index contributed by atoms with van der Waals surface area (Å²) < 4.78 is 14.2. The van der Waals surface area contributed by atoms with Gasteiger partial charge in [0, 0.05) is 0 Å². The average Bonchev–Trinajstić information content (AvgIpc) is 2.52. The van der Waals surface area contributed by atoms with Gasteiger partial charge in [0.05, 0.1) is 11.9 Å². The minimum atomic E-state index is -0.606. The van der Waals surface area contributed by atoms with Crippen LogP contribution < -0.4 is 0 Å².